The molecular weight excluding hydrogens is 265 g/mol. The fourth-order valence-electron chi connectivity index (χ4n) is 1.85. The molecule has 0 spiro atoms. The molecule has 0 aromatic heterocycles. The largest absolute Gasteiger partial charge is 0.381 e. The number of aryl methyl sites for hydroxylation is 1. The molecule has 2 aromatic carbocycles. The van der Waals surface area contributed by atoms with Crippen molar-refractivity contribution in [2.75, 3.05) is 5.32 Å². The van der Waals surface area contributed by atoms with Crippen molar-refractivity contribution in [3.63, 3.8) is 0 Å². The van der Waals surface area contributed by atoms with Gasteiger partial charge in [0.05, 0.1) is 11.6 Å². The molecule has 0 heterocycles. The van der Waals surface area contributed by atoms with E-state index in [-0.39, 0.29) is 23.5 Å². The lowest BCUT2D eigenvalue weighted by molar-refractivity contribution is 0.559. The second-order valence-electron chi connectivity index (χ2n) is 4.34. The van der Waals surface area contributed by atoms with E-state index in [1.165, 1.54) is 18.2 Å². The van der Waals surface area contributed by atoms with E-state index in [4.69, 9.17) is 5.26 Å². The van der Waals surface area contributed by atoms with Gasteiger partial charge in [-0.25, -0.2) is 13.2 Å². The highest BCUT2D eigenvalue weighted by atomic mass is 19.1. The lowest BCUT2D eigenvalue weighted by Crippen LogP contribution is -2.06. The molecule has 1 N–H and O–H groups in total. The molecule has 2 rings (SSSR count). The van der Waals surface area contributed by atoms with Crippen molar-refractivity contribution in [2.24, 2.45) is 0 Å². The monoisotopic (exact) mass is 276 g/mol. The van der Waals surface area contributed by atoms with Crippen LogP contribution in [0.4, 0.5) is 18.9 Å². The van der Waals surface area contributed by atoms with E-state index in [0.717, 1.165) is 12.1 Å². The van der Waals surface area contributed by atoms with Crippen LogP contribution in [-0.4, -0.2) is 0 Å². The van der Waals surface area contributed by atoms with Gasteiger partial charge < -0.3 is 5.32 Å². The van der Waals surface area contributed by atoms with Crippen molar-refractivity contribution in [1.82, 2.24) is 0 Å². The van der Waals surface area contributed by atoms with Gasteiger partial charge in [-0.1, -0.05) is 0 Å². The van der Waals surface area contributed by atoms with E-state index in [1.807, 2.05) is 0 Å². The summed E-state index contributed by atoms with van der Waals surface area (Å²) in [5.74, 6) is -1.94. The van der Waals surface area contributed by atoms with Gasteiger partial charge >= 0.3 is 0 Å². The molecule has 0 unspecified atom stereocenters. The average Bonchev–Trinajstić information content (AvgIpc) is 2.39. The van der Waals surface area contributed by atoms with Gasteiger partial charge in [0.1, 0.15) is 17.5 Å². The summed E-state index contributed by atoms with van der Waals surface area (Å²) in [7, 11) is 0. The van der Waals surface area contributed by atoms with Gasteiger partial charge in [-0.3, -0.25) is 0 Å². The van der Waals surface area contributed by atoms with Crippen LogP contribution in [0.15, 0.2) is 30.3 Å². The van der Waals surface area contributed by atoms with Gasteiger partial charge in [-0.2, -0.15) is 5.26 Å². The van der Waals surface area contributed by atoms with Crippen LogP contribution >= 0.6 is 0 Å². The van der Waals surface area contributed by atoms with Crippen molar-refractivity contribution in [2.45, 2.75) is 13.5 Å². The quantitative estimate of drug-likeness (QED) is 0.923. The van der Waals surface area contributed by atoms with Crippen LogP contribution < -0.4 is 5.32 Å². The van der Waals surface area contributed by atoms with Gasteiger partial charge in [-0.05, 0) is 42.8 Å². The molecule has 0 aliphatic rings. The Bertz CT molecular complexity index is 667. The second-order valence-corrected chi connectivity index (χ2v) is 4.34. The van der Waals surface area contributed by atoms with Crippen molar-refractivity contribution in [3.05, 3.63) is 64.5 Å². The van der Waals surface area contributed by atoms with E-state index in [1.54, 1.807) is 13.0 Å². The standard InChI is InChI=1S/C15H11F3N2/c1-9-4-11(16)2-3-15(9)20-8-12-13(17)5-10(7-19)6-14(12)18/h2-6,20H,8H2,1H3. The van der Waals surface area contributed by atoms with Gasteiger partial charge in [0.25, 0.3) is 0 Å². The van der Waals surface area contributed by atoms with Gasteiger partial charge in [0, 0.05) is 17.8 Å². The van der Waals surface area contributed by atoms with E-state index in [2.05, 4.69) is 5.32 Å². The Labute approximate surface area is 114 Å². The number of hydrogen-bond acceptors (Lipinski definition) is 2. The highest BCUT2D eigenvalue weighted by molar-refractivity contribution is 5.51. The predicted octanol–water partition coefficient (Wildman–Crippen LogP) is 3.90. The molecule has 0 bridgehead atoms. The summed E-state index contributed by atoms with van der Waals surface area (Å²) < 4.78 is 40.3. The number of benzene rings is 2. The zero-order valence-corrected chi connectivity index (χ0v) is 10.7. The highest BCUT2D eigenvalue weighted by Gasteiger charge is 2.11. The second kappa shape index (κ2) is 5.66. The minimum absolute atomic E-state index is 0.0679. The maximum atomic E-state index is 13.7. The van der Waals surface area contributed by atoms with Gasteiger partial charge in [0.2, 0.25) is 0 Å². The van der Waals surface area contributed by atoms with Crippen LogP contribution in [0.25, 0.3) is 0 Å². The van der Waals surface area contributed by atoms with E-state index in [0.29, 0.717) is 11.3 Å². The fourth-order valence-corrected chi connectivity index (χ4v) is 1.85. The number of nitriles is 1. The third-order valence-corrected chi connectivity index (χ3v) is 2.91. The molecular formula is C15H11F3N2. The number of nitrogens with zero attached hydrogens (tertiary/aromatic N) is 1. The molecule has 0 atom stereocenters. The summed E-state index contributed by atoms with van der Waals surface area (Å²) in [6, 6.07) is 7.75. The first-order valence-electron chi connectivity index (χ1n) is 5.89. The Morgan fingerprint density at radius 2 is 1.75 bits per heavy atom. The Kier molecular flexibility index (Phi) is 3.94. The summed E-state index contributed by atoms with van der Waals surface area (Å²) in [4.78, 5) is 0. The SMILES string of the molecule is Cc1cc(F)ccc1NCc1c(F)cc(C#N)cc1F. The number of nitrogens with one attached hydrogen (secondary N) is 1. The fraction of sp³-hybridized carbons (Fsp3) is 0.133. The summed E-state index contributed by atoms with van der Waals surface area (Å²) in [6.45, 7) is 1.60. The molecule has 2 nitrogen and oxygen atoms in total. The molecule has 0 saturated heterocycles. The van der Waals surface area contributed by atoms with Gasteiger partial charge in [-0.15, -0.1) is 0 Å². The summed E-state index contributed by atoms with van der Waals surface area (Å²) >= 11 is 0. The highest BCUT2D eigenvalue weighted by Crippen LogP contribution is 2.20. The first-order chi connectivity index (χ1) is 9.51. The molecule has 5 heteroatoms. The summed E-state index contributed by atoms with van der Waals surface area (Å²) in [6.07, 6.45) is 0. The minimum atomic E-state index is -0.784. The third-order valence-electron chi connectivity index (χ3n) is 2.91. The smallest absolute Gasteiger partial charge is 0.132 e. The maximum Gasteiger partial charge on any atom is 0.132 e. The van der Waals surface area contributed by atoms with Crippen LogP contribution in [0.2, 0.25) is 0 Å². The molecule has 0 aliphatic heterocycles. The van der Waals surface area contributed by atoms with Crippen molar-refractivity contribution in [1.29, 1.82) is 5.26 Å². The Hall–Kier alpha value is -2.48. The molecule has 0 amide bonds. The van der Waals surface area contributed by atoms with Crippen molar-refractivity contribution in [3.8, 4) is 6.07 Å². The Morgan fingerprint density at radius 1 is 1.10 bits per heavy atom. The lowest BCUT2D eigenvalue weighted by atomic mass is 10.1. The molecule has 0 aliphatic carbocycles. The first kappa shape index (κ1) is 13.9. The minimum Gasteiger partial charge on any atom is -0.381 e. The van der Waals surface area contributed by atoms with Gasteiger partial charge in [0.15, 0.2) is 0 Å². The topological polar surface area (TPSA) is 35.8 Å². The zero-order chi connectivity index (χ0) is 14.7. The Balaban J connectivity index is 2.21. The number of rotatable bonds is 3. The van der Waals surface area contributed by atoms with Crippen LogP contribution in [0.5, 0.6) is 0 Å². The lowest BCUT2D eigenvalue weighted by Gasteiger charge is -2.11. The third kappa shape index (κ3) is 2.91. The van der Waals surface area contributed by atoms with Crippen LogP contribution in [0.1, 0.15) is 16.7 Å². The predicted molar refractivity (Wildman–Crippen MR) is 69.5 cm³/mol. The molecule has 0 radical (unpaired) electrons. The summed E-state index contributed by atoms with van der Waals surface area (Å²) in [5.41, 5.74) is 1.00. The van der Waals surface area contributed by atoms with Crippen molar-refractivity contribution < 1.29 is 13.2 Å². The molecule has 0 fully saturated rings. The first-order valence-corrected chi connectivity index (χ1v) is 5.89. The average molecular weight is 276 g/mol. The number of halogens is 3. The van der Waals surface area contributed by atoms with Crippen LogP contribution in [-0.2, 0) is 6.54 Å². The van der Waals surface area contributed by atoms with E-state index in [9.17, 15) is 13.2 Å². The van der Waals surface area contributed by atoms with Crippen molar-refractivity contribution >= 4 is 5.69 Å². The molecule has 2 aromatic rings. The molecule has 102 valence electrons. The van der Waals surface area contributed by atoms with E-state index >= 15 is 0 Å². The number of hydrogen-bond donors (Lipinski definition) is 1. The number of anilines is 1. The van der Waals surface area contributed by atoms with E-state index < -0.39 is 11.6 Å². The zero-order valence-electron chi connectivity index (χ0n) is 10.7. The Morgan fingerprint density at radius 3 is 2.30 bits per heavy atom. The maximum absolute atomic E-state index is 13.7. The normalized spacial score (nSPS) is 10.2. The summed E-state index contributed by atoms with van der Waals surface area (Å²) in [5, 5.41) is 11.5. The van der Waals surface area contributed by atoms with Crippen LogP contribution in [0, 0.1) is 35.7 Å². The molecule has 20 heavy (non-hydrogen) atoms. The van der Waals surface area contributed by atoms with Crippen LogP contribution in [0.3, 0.4) is 0 Å². The molecule has 0 saturated carbocycles.